The molecular formula is C14H20ClNO. The van der Waals surface area contributed by atoms with Gasteiger partial charge in [-0.15, -0.1) is 0 Å². The first kappa shape index (κ1) is 12.9. The first-order chi connectivity index (χ1) is 8.24. The van der Waals surface area contributed by atoms with E-state index in [1.54, 1.807) is 0 Å². The van der Waals surface area contributed by atoms with Crippen molar-refractivity contribution in [3.8, 4) is 0 Å². The number of ether oxygens (including phenoxy) is 1. The minimum absolute atomic E-state index is 0.329. The molecule has 1 aromatic carbocycles. The van der Waals surface area contributed by atoms with Crippen LogP contribution in [0.1, 0.15) is 18.4 Å². The fourth-order valence-corrected chi connectivity index (χ4v) is 2.49. The Bertz CT molecular complexity index is 348. The van der Waals surface area contributed by atoms with Crippen molar-refractivity contribution in [3.63, 3.8) is 0 Å². The van der Waals surface area contributed by atoms with Crippen molar-refractivity contribution in [2.75, 3.05) is 14.2 Å². The van der Waals surface area contributed by atoms with Gasteiger partial charge in [0.15, 0.2) is 0 Å². The SMILES string of the molecule is CNC(Cc1ccc(Cl)cc1)C(OC)C1CC1. The summed E-state index contributed by atoms with van der Waals surface area (Å²) in [5.41, 5.74) is 1.30. The van der Waals surface area contributed by atoms with Crippen LogP contribution in [-0.4, -0.2) is 26.3 Å². The second kappa shape index (κ2) is 5.85. The predicted octanol–water partition coefficient (Wildman–Crippen LogP) is 2.90. The quantitative estimate of drug-likeness (QED) is 0.842. The molecule has 1 aromatic rings. The Kier molecular flexibility index (Phi) is 4.43. The second-order valence-corrected chi connectivity index (χ2v) is 5.20. The van der Waals surface area contributed by atoms with Crippen LogP contribution in [0.5, 0.6) is 0 Å². The lowest BCUT2D eigenvalue weighted by Crippen LogP contribution is -2.41. The number of likely N-dealkylation sites (N-methyl/N-ethyl adjacent to an activating group) is 1. The summed E-state index contributed by atoms with van der Waals surface area (Å²) < 4.78 is 5.63. The van der Waals surface area contributed by atoms with Crippen molar-refractivity contribution in [1.82, 2.24) is 5.32 Å². The molecule has 0 aliphatic heterocycles. The Morgan fingerprint density at radius 3 is 2.47 bits per heavy atom. The predicted molar refractivity (Wildman–Crippen MR) is 71.5 cm³/mol. The Morgan fingerprint density at radius 2 is 2.00 bits per heavy atom. The van der Waals surface area contributed by atoms with E-state index in [-0.39, 0.29) is 0 Å². The number of nitrogens with one attached hydrogen (secondary N) is 1. The summed E-state index contributed by atoms with van der Waals surface area (Å²) in [6.07, 6.45) is 3.92. The van der Waals surface area contributed by atoms with Crippen LogP contribution in [0.3, 0.4) is 0 Å². The van der Waals surface area contributed by atoms with Gasteiger partial charge in [0, 0.05) is 18.2 Å². The van der Waals surface area contributed by atoms with Crippen LogP contribution in [0.2, 0.25) is 5.02 Å². The topological polar surface area (TPSA) is 21.3 Å². The van der Waals surface area contributed by atoms with E-state index in [4.69, 9.17) is 16.3 Å². The Morgan fingerprint density at radius 1 is 1.35 bits per heavy atom. The average molecular weight is 254 g/mol. The van der Waals surface area contributed by atoms with E-state index >= 15 is 0 Å². The summed E-state index contributed by atoms with van der Waals surface area (Å²) in [6, 6.07) is 8.46. The molecule has 2 nitrogen and oxygen atoms in total. The molecule has 0 radical (unpaired) electrons. The molecule has 2 atom stereocenters. The van der Waals surface area contributed by atoms with E-state index < -0.39 is 0 Å². The molecular weight excluding hydrogens is 234 g/mol. The Labute approximate surface area is 108 Å². The maximum Gasteiger partial charge on any atom is 0.0755 e. The van der Waals surface area contributed by atoms with Crippen molar-refractivity contribution in [2.45, 2.75) is 31.4 Å². The van der Waals surface area contributed by atoms with Crippen LogP contribution in [0.25, 0.3) is 0 Å². The number of hydrogen-bond acceptors (Lipinski definition) is 2. The highest BCUT2D eigenvalue weighted by molar-refractivity contribution is 6.30. The Hall–Kier alpha value is -0.570. The van der Waals surface area contributed by atoms with Crippen LogP contribution >= 0.6 is 11.6 Å². The van der Waals surface area contributed by atoms with Crippen LogP contribution in [0.15, 0.2) is 24.3 Å². The van der Waals surface area contributed by atoms with Gasteiger partial charge in [-0.05, 0) is 49.9 Å². The molecule has 94 valence electrons. The lowest BCUT2D eigenvalue weighted by Gasteiger charge is -2.25. The molecule has 1 aliphatic rings. The van der Waals surface area contributed by atoms with E-state index in [1.165, 1.54) is 18.4 Å². The van der Waals surface area contributed by atoms with Crippen LogP contribution < -0.4 is 5.32 Å². The molecule has 1 saturated carbocycles. The van der Waals surface area contributed by atoms with Crippen molar-refractivity contribution in [2.24, 2.45) is 5.92 Å². The number of rotatable bonds is 6. The van der Waals surface area contributed by atoms with Crippen LogP contribution in [0.4, 0.5) is 0 Å². The lowest BCUT2D eigenvalue weighted by molar-refractivity contribution is 0.0534. The lowest BCUT2D eigenvalue weighted by atomic mass is 9.98. The van der Waals surface area contributed by atoms with Gasteiger partial charge >= 0.3 is 0 Å². The standard InChI is InChI=1S/C14H20ClNO/c1-16-13(14(17-2)11-5-6-11)9-10-3-7-12(15)8-4-10/h3-4,7-8,11,13-14,16H,5-6,9H2,1-2H3. The summed E-state index contributed by atoms with van der Waals surface area (Å²) in [4.78, 5) is 0. The van der Waals surface area contributed by atoms with Crippen molar-refractivity contribution in [3.05, 3.63) is 34.9 Å². The Balaban J connectivity index is 2.00. The fourth-order valence-electron chi connectivity index (χ4n) is 2.37. The summed E-state index contributed by atoms with van der Waals surface area (Å²) in [5.74, 6) is 0.741. The van der Waals surface area contributed by atoms with Crippen LogP contribution in [-0.2, 0) is 11.2 Å². The van der Waals surface area contributed by atoms with Gasteiger partial charge in [-0.25, -0.2) is 0 Å². The normalized spacial score (nSPS) is 19.0. The molecule has 2 unspecified atom stereocenters. The van der Waals surface area contributed by atoms with Gasteiger partial charge in [0.1, 0.15) is 0 Å². The first-order valence-corrected chi connectivity index (χ1v) is 6.57. The third kappa shape index (κ3) is 3.44. The zero-order valence-corrected chi connectivity index (χ0v) is 11.2. The van der Waals surface area contributed by atoms with Gasteiger partial charge in [-0.1, -0.05) is 23.7 Å². The molecule has 0 amide bonds. The van der Waals surface area contributed by atoms with E-state index in [9.17, 15) is 0 Å². The second-order valence-electron chi connectivity index (χ2n) is 4.76. The van der Waals surface area contributed by atoms with E-state index in [0.717, 1.165) is 17.4 Å². The monoisotopic (exact) mass is 253 g/mol. The maximum atomic E-state index is 5.89. The third-order valence-corrected chi connectivity index (χ3v) is 3.75. The smallest absolute Gasteiger partial charge is 0.0755 e. The number of benzene rings is 1. The average Bonchev–Trinajstić information content (AvgIpc) is 3.16. The maximum absolute atomic E-state index is 5.89. The molecule has 1 fully saturated rings. The number of methoxy groups -OCH3 is 1. The molecule has 1 N–H and O–H groups in total. The highest BCUT2D eigenvalue weighted by Crippen LogP contribution is 2.36. The molecule has 0 spiro atoms. The molecule has 17 heavy (non-hydrogen) atoms. The van der Waals surface area contributed by atoms with E-state index in [0.29, 0.717) is 12.1 Å². The molecule has 0 heterocycles. The van der Waals surface area contributed by atoms with Gasteiger partial charge in [-0.2, -0.15) is 0 Å². The van der Waals surface area contributed by atoms with E-state index in [1.807, 2.05) is 26.3 Å². The van der Waals surface area contributed by atoms with Gasteiger partial charge < -0.3 is 10.1 Å². The van der Waals surface area contributed by atoms with Crippen molar-refractivity contribution in [1.29, 1.82) is 0 Å². The zero-order chi connectivity index (χ0) is 12.3. The highest BCUT2D eigenvalue weighted by atomic mass is 35.5. The summed E-state index contributed by atoms with van der Waals surface area (Å²) in [6.45, 7) is 0. The number of hydrogen-bond donors (Lipinski definition) is 1. The van der Waals surface area contributed by atoms with Gasteiger partial charge in [-0.3, -0.25) is 0 Å². The molecule has 0 saturated heterocycles. The van der Waals surface area contributed by atoms with E-state index in [2.05, 4.69) is 17.4 Å². The van der Waals surface area contributed by atoms with Gasteiger partial charge in [0.05, 0.1) is 6.10 Å². The molecule has 0 aromatic heterocycles. The number of halogens is 1. The van der Waals surface area contributed by atoms with Gasteiger partial charge in [0.2, 0.25) is 0 Å². The fraction of sp³-hybridized carbons (Fsp3) is 0.571. The van der Waals surface area contributed by atoms with Crippen molar-refractivity contribution >= 4 is 11.6 Å². The third-order valence-electron chi connectivity index (χ3n) is 3.50. The summed E-state index contributed by atoms with van der Waals surface area (Å²) >= 11 is 5.89. The van der Waals surface area contributed by atoms with Gasteiger partial charge in [0.25, 0.3) is 0 Å². The summed E-state index contributed by atoms with van der Waals surface area (Å²) in [7, 11) is 3.82. The molecule has 0 bridgehead atoms. The summed E-state index contributed by atoms with van der Waals surface area (Å²) in [5, 5.41) is 4.17. The minimum Gasteiger partial charge on any atom is -0.380 e. The van der Waals surface area contributed by atoms with Crippen molar-refractivity contribution < 1.29 is 4.74 Å². The zero-order valence-electron chi connectivity index (χ0n) is 10.4. The largest absolute Gasteiger partial charge is 0.380 e. The first-order valence-electron chi connectivity index (χ1n) is 6.19. The molecule has 3 heteroatoms. The van der Waals surface area contributed by atoms with Crippen LogP contribution in [0, 0.1) is 5.92 Å². The molecule has 1 aliphatic carbocycles. The minimum atomic E-state index is 0.329. The highest BCUT2D eigenvalue weighted by Gasteiger charge is 2.36. The molecule has 2 rings (SSSR count).